The minimum absolute atomic E-state index is 0.0186. The normalized spacial score (nSPS) is 21.4. The Morgan fingerprint density at radius 1 is 1.15 bits per heavy atom. The molecule has 1 fully saturated rings. The fraction of sp³-hybridized carbons (Fsp3) is 0.261. The number of β-lactam (4-membered cyclic amide) rings is 1. The van der Waals surface area contributed by atoms with Crippen LogP contribution in [0, 0.1) is 10.1 Å². The van der Waals surface area contributed by atoms with Crippen molar-refractivity contribution in [2.24, 2.45) is 0 Å². The molecule has 3 atom stereocenters. The van der Waals surface area contributed by atoms with E-state index in [1.54, 1.807) is 31.2 Å². The van der Waals surface area contributed by atoms with Crippen LogP contribution in [-0.2, 0) is 43.3 Å². The van der Waals surface area contributed by atoms with Crippen LogP contribution in [0.1, 0.15) is 18.1 Å². The fourth-order valence-electron chi connectivity index (χ4n) is 3.89. The standard InChI is InChI=1S/C23H21N3O7S/c1-14-13-34(32)22-19(24-18(27)11-15-5-3-2-4-6-15)21(28)25(22)20(14)23(29)33-12-16-7-9-17(10-8-16)26(30)31/h2-10,19,22H,11-13H2,1H3,(H,24,27)/t19?,22-,34?/m1/s1. The molecular weight excluding hydrogens is 462 g/mol. The highest BCUT2D eigenvalue weighted by Crippen LogP contribution is 2.37. The molecule has 0 radical (unpaired) electrons. The van der Waals surface area contributed by atoms with E-state index in [9.17, 15) is 29.1 Å². The molecular formula is C23H21N3O7S. The van der Waals surface area contributed by atoms with E-state index in [0.717, 1.165) is 10.5 Å². The van der Waals surface area contributed by atoms with Crippen LogP contribution in [0.4, 0.5) is 5.69 Å². The molecule has 0 saturated carbocycles. The van der Waals surface area contributed by atoms with Gasteiger partial charge in [0.2, 0.25) is 11.3 Å². The largest absolute Gasteiger partial charge is 0.614 e. The molecule has 2 aliphatic rings. The molecule has 1 saturated heterocycles. The second kappa shape index (κ2) is 9.65. The fourth-order valence-corrected chi connectivity index (χ4v) is 5.55. The highest BCUT2D eigenvalue weighted by atomic mass is 32.2. The predicted molar refractivity (Wildman–Crippen MR) is 121 cm³/mol. The number of hydrogen-bond donors (Lipinski definition) is 1. The van der Waals surface area contributed by atoms with E-state index in [4.69, 9.17) is 4.74 Å². The Kier molecular flexibility index (Phi) is 6.66. The topological polar surface area (TPSA) is 142 Å². The quantitative estimate of drug-likeness (QED) is 0.207. The second-order valence-electron chi connectivity index (χ2n) is 7.96. The van der Waals surface area contributed by atoms with Crippen LogP contribution in [0.3, 0.4) is 0 Å². The SMILES string of the molecule is CC1=C(C(=O)OCc2ccc([N+](=O)[O-])cc2)N2C(=O)C(NC(=O)Cc3ccccc3)[C@H]2[S+]([O-])C1. The summed E-state index contributed by atoms with van der Waals surface area (Å²) in [4.78, 5) is 49.4. The number of nitro groups is 1. The number of nitro benzene ring substituents is 1. The van der Waals surface area contributed by atoms with Gasteiger partial charge < -0.3 is 14.6 Å². The van der Waals surface area contributed by atoms with Crippen molar-refractivity contribution in [3.63, 3.8) is 0 Å². The number of nitrogens with one attached hydrogen (secondary N) is 1. The summed E-state index contributed by atoms with van der Waals surface area (Å²) in [5, 5.41) is 12.6. The van der Waals surface area contributed by atoms with Crippen LogP contribution in [0.25, 0.3) is 0 Å². The van der Waals surface area contributed by atoms with Crippen molar-refractivity contribution in [2.45, 2.75) is 31.4 Å². The number of rotatable bonds is 7. The first-order valence-corrected chi connectivity index (χ1v) is 11.8. The molecule has 2 unspecified atom stereocenters. The average molecular weight is 484 g/mol. The molecule has 4 rings (SSSR count). The lowest BCUT2D eigenvalue weighted by Gasteiger charge is -2.49. The highest BCUT2D eigenvalue weighted by Gasteiger charge is 2.60. The van der Waals surface area contributed by atoms with Gasteiger partial charge in [-0.15, -0.1) is 0 Å². The van der Waals surface area contributed by atoms with Crippen molar-refractivity contribution in [1.29, 1.82) is 0 Å². The third-order valence-corrected chi connectivity index (χ3v) is 7.29. The average Bonchev–Trinajstić information content (AvgIpc) is 2.81. The maximum Gasteiger partial charge on any atom is 0.355 e. The van der Waals surface area contributed by atoms with E-state index < -0.39 is 39.4 Å². The first-order chi connectivity index (χ1) is 16.3. The molecule has 10 nitrogen and oxygen atoms in total. The van der Waals surface area contributed by atoms with Gasteiger partial charge in [0.25, 0.3) is 11.6 Å². The molecule has 2 aromatic rings. The Hall–Kier alpha value is -3.70. The lowest BCUT2D eigenvalue weighted by atomic mass is 10.0. The minimum atomic E-state index is -1.50. The molecule has 2 amide bonds. The molecule has 1 N–H and O–H groups in total. The number of nitrogens with zero attached hydrogens (tertiary/aromatic N) is 2. The molecule has 34 heavy (non-hydrogen) atoms. The Labute approximate surface area is 197 Å². The third kappa shape index (κ3) is 4.66. The van der Waals surface area contributed by atoms with Gasteiger partial charge in [-0.3, -0.25) is 24.6 Å². The molecule has 0 aromatic heterocycles. The number of esters is 1. The predicted octanol–water partition coefficient (Wildman–Crippen LogP) is 1.57. The third-order valence-electron chi connectivity index (χ3n) is 5.55. The Bertz CT molecular complexity index is 1170. The summed E-state index contributed by atoms with van der Waals surface area (Å²) < 4.78 is 18.0. The number of carbonyl (C=O) groups excluding carboxylic acids is 3. The number of fused-ring (bicyclic) bond motifs is 1. The molecule has 0 bridgehead atoms. The van der Waals surface area contributed by atoms with E-state index in [2.05, 4.69) is 5.32 Å². The van der Waals surface area contributed by atoms with Crippen LogP contribution < -0.4 is 5.32 Å². The summed E-state index contributed by atoms with van der Waals surface area (Å²) in [5.41, 5.74) is 1.70. The Morgan fingerprint density at radius 2 is 1.82 bits per heavy atom. The summed E-state index contributed by atoms with van der Waals surface area (Å²) in [5.74, 6) is -1.60. The Morgan fingerprint density at radius 3 is 2.47 bits per heavy atom. The van der Waals surface area contributed by atoms with Crippen LogP contribution in [-0.4, -0.2) is 49.3 Å². The zero-order valence-electron chi connectivity index (χ0n) is 18.1. The first kappa shape index (κ1) is 23.5. The minimum Gasteiger partial charge on any atom is -0.614 e. The van der Waals surface area contributed by atoms with Crippen molar-refractivity contribution in [3.05, 3.63) is 87.1 Å². The van der Waals surface area contributed by atoms with Gasteiger partial charge >= 0.3 is 5.97 Å². The molecule has 2 aliphatic heterocycles. The molecule has 0 aliphatic carbocycles. The van der Waals surface area contributed by atoms with Crippen molar-refractivity contribution in [2.75, 3.05) is 5.75 Å². The number of benzene rings is 2. The van der Waals surface area contributed by atoms with E-state index in [-0.39, 0.29) is 36.1 Å². The lowest BCUT2D eigenvalue weighted by Crippen LogP contribution is -2.74. The van der Waals surface area contributed by atoms with Gasteiger partial charge in [0.1, 0.15) is 18.1 Å². The Balaban J connectivity index is 1.41. The lowest BCUT2D eigenvalue weighted by molar-refractivity contribution is -0.384. The molecule has 11 heteroatoms. The van der Waals surface area contributed by atoms with E-state index in [1.165, 1.54) is 24.3 Å². The molecule has 2 heterocycles. The summed E-state index contributed by atoms with van der Waals surface area (Å²) in [6.07, 6.45) is 0.0724. The summed E-state index contributed by atoms with van der Waals surface area (Å²) in [6.45, 7) is 1.45. The molecule has 2 aromatic carbocycles. The number of non-ortho nitro benzene ring substituents is 1. The van der Waals surface area contributed by atoms with Crippen molar-refractivity contribution in [1.82, 2.24) is 10.2 Å². The van der Waals surface area contributed by atoms with Crippen molar-refractivity contribution in [3.8, 4) is 0 Å². The maximum absolute atomic E-state index is 12.8. The number of amides is 2. The summed E-state index contributed by atoms with van der Waals surface area (Å²) >= 11 is -1.50. The zero-order chi connectivity index (χ0) is 24.4. The highest BCUT2D eigenvalue weighted by molar-refractivity contribution is 7.92. The van der Waals surface area contributed by atoms with Gasteiger partial charge in [0.15, 0.2) is 6.04 Å². The van der Waals surface area contributed by atoms with Crippen molar-refractivity contribution >= 4 is 34.6 Å². The van der Waals surface area contributed by atoms with Crippen LogP contribution in [0.15, 0.2) is 65.9 Å². The van der Waals surface area contributed by atoms with Gasteiger partial charge in [0.05, 0.1) is 11.3 Å². The first-order valence-electron chi connectivity index (χ1n) is 10.4. The van der Waals surface area contributed by atoms with Crippen molar-refractivity contribution < 1.29 is 28.6 Å². The summed E-state index contributed by atoms with van der Waals surface area (Å²) in [6, 6.07) is 13.6. The van der Waals surface area contributed by atoms with Crippen LogP contribution >= 0.6 is 0 Å². The number of hydrogen-bond acceptors (Lipinski definition) is 7. The second-order valence-corrected chi connectivity index (χ2v) is 9.49. The van der Waals surface area contributed by atoms with E-state index in [1.807, 2.05) is 6.07 Å². The zero-order valence-corrected chi connectivity index (χ0v) is 18.9. The summed E-state index contributed by atoms with van der Waals surface area (Å²) in [7, 11) is 0. The maximum atomic E-state index is 12.8. The van der Waals surface area contributed by atoms with Gasteiger partial charge in [0, 0.05) is 17.7 Å². The van der Waals surface area contributed by atoms with Gasteiger partial charge in [-0.05, 0) is 41.4 Å². The molecule has 176 valence electrons. The smallest absolute Gasteiger partial charge is 0.355 e. The van der Waals surface area contributed by atoms with Gasteiger partial charge in [-0.2, -0.15) is 0 Å². The van der Waals surface area contributed by atoms with E-state index >= 15 is 0 Å². The van der Waals surface area contributed by atoms with E-state index in [0.29, 0.717) is 11.1 Å². The molecule has 0 spiro atoms. The van der Waals surface area contributed by atoms with Gasteiger partial charge in [-0.25, -0.2) is 4.79 Å². The monoisotopic (exact) mass is 483 g/mol. The van der Waals surface area contributed by atoms with Crippen LogP contribution in [0.5, 0.6) is 0 Å². The number of ether oxygens (including phenoxy) is 1. The van der Waals surface area contributed by atoms with Gasteiger partial charge in [-0.1, -0.05) is 30.3 Å². The van der Waals surface area contributed by atoms with Crippen LogP contribution in [0.2, 0.25) is 0 Å². The number of carbonyl (C=O) groups is 3.